The highest BCUT2D eigenvalue weighted by Gasteiger charge is 2.29. The standard InChI is InChI=1S/C12H15ClN6/c1-12(5-2-3-6-12)18-10-15-9(13)16-11(17-10)19-8-4-7-14-19/h4,7-8H,2-3,5-6H2,1H3,(H,15,16,17,18). The fourth-order valence-electron chi connectivity index (χ4n) is 2.44. The van der Waals surface area contributed by atoms with Crippen molar-refractivity contribution >= 4 is 17.5 Å². The average Bonchev–Trinajstić information content (AvgIpc) is 2.99. The van der Waals surface area contributed by atoms with Gasteiger partial charge in [-0.15, -0.1) is 0 Å². The first-order valence-electron chi connectivity index (χ1n) is 6.34. The lowest BCUT2D eigenvalue weighted by Gasteiger charge is -2.25. The van der Waals surface area contributed by atoms with E-state index < -0.39 is 0 Å². The third-order valence-corrected chi connectivity index (χ3v) is 3.60. The second-order valence-corrected chi connectivity index (χ2v) is 5.41. The van der Waals surface area contributed by atoms with E-state index in [-0.39, 0.29) is 10.8 Å². The Labute approximate surface area is 116 Å². The van der Waals surface area contributed by atoms with Gasteiger partial charge in [0.15, 0.2) is 0 Å². The molecule has 0 aliphatic heterocycles. The Morgan fingerprint density at radius 3 is 2.74 bits per heavy atom. The molecule has 6 nitrogen and oxygen atoms in total. The van der Waals surface area contributed by atoms with Crippen LogP contribution in [0.15, 0.2) is 18.5 Å². The highest BCUT2D eigenvalue weighted by atomic mass is 35.5. The highest BCUT2D eigenvalue weighted by molar-refractivity contribution is 6.28. The van der Waals surface area contributed by atoms with Crippen molar-refractivity contribution in [2.45, 2.75) is 38.1 Å². The molecule has 2 heterocycles. The van der Waals surface area contributed by atoms with Crippen molar-refractivity contribution < 1.29 is 0 Å². The fraction of sp³-hybridized carbons (Fsp3) is 0.500. The summed E-state index contributed by atoms with van der Waals surface area (Å²) in [5.74, 6) is 0.934. The number of rotatable bonds is 3. The number of nitrogens with one attached hydrogen (secondary N) is 1. The van der Waals surface area contributed by atoms with Crippen molar-refractivity contribution in [1.82, 2.24) is 24.7 Å². The van der Waals surface area contributed by atoms with Gasteiger partial charge in [0.05, 0.1) is 0 Å². The molecule has 7 heteroatoms. The number of halogens is 1. The molecule has 1 aliphatic rings. The highest BCUT2D eigenvalue weighted by Crippen LogP contribution is 2.31. The Balaban J connectivity index is 1.90. The second-order valence-electron chi connectivity index (χ2n) is 5.07. The lowest BCUT2D eigenvalue weighted by Crippen LogP contribution is -2.32. The van der Waals surface area contributed by atoms with Crippen molar-refractivity contribution in [3.8, 4) is 5.95 Å². The Morgan fingerprint density at radius 1 is 1.26 bits per heavy atom. The van der Waals surface area contributed by atoms with E-state index in [1.165, 1.54) is 12.8 Å². The first-order valence-corrected chi connectivity index (χ1v) is 6.72. The van der Waals surface area contributed by atoms with Crippen LogP contribution in [0.4, 0.5) is 5.95 Å². The smallest absolute Gasteiger partial charge is 0.256 e. The Hall–Kier alpha value is -1.69. The maximum absolute atomic E-state index is 5.95. The van der Waals surface area contributed by atoms with Crippen molar-refractivity contribution in [3.63, 3.8) is 0 Å². The van der Waals surface area contributed by atoms with Crippen LogP contribution >= 0.6 is 11.6 Å². The molecule has 0 unspecified atom stereocenters. The van der Waals surface area contributed by atoms with Crippen molar-refractivity contribution in [2.24, 2.45) is 0 Å². The molecule has 19 heavy (non-hydrogen) atoms. The second kappa shape index (κ2) is 4.77. The number of hydrogen-bond donors (Lipinski definition) is 1. The molecule has 1 aliphatic carbocycles. The quantitative estimate of drug-likeness (QED) is 0.934. The van der Waals surface area contributed by atoms with Crippen molar-refractivity contribution in [1.29, 1.82) is 0 Å². The maximum Gasteiger partial charge on any atom is 0.256 e. The van der Waals surface area contributed by atoms with Crippen LogP contribution in [-0.2, 0) is 0 Å². The van der Waals surface area contributed by atoms with Crippen molar-refractivity contribution in [2.75, 3.05) is 5.32 Å². The van der Waals surface area contributed by atoms with E-state index in [2.05, 4.69) is 32.3 Å². The molecule has 1 fully saturated rings. The summed E-state index contributed by atoms with van der Waals surface area (Å²) in [6.07, 6.45) is 8.14. The van der Waals surface area contributed by atoms with Gasteiger partial charge < -0.3 is 5.32 Å². The van der Waals surface area contributed by atoms with Crippen LogP contribution in [0.1, 0.15) is 32.6 Å². The molecular formula is C12H15ClN6. The molecule has 0 aromatic carbocycles. The van der Waals surface area contributed by atoms with Gasteiger partial charge in [-0.05, 0) is 37.4 Å². The number of hydrogen-bond acceptors (Lipinski definition) is 5. The van der Waals surface area contributed by atoms with E-state index in [9.17, 15) is 0 Å². The zero-order valence-electron chi connectivity index (χ0n) is 10.7. The summed E-state index contributed by atoms with van der Waals surface area (Å²) in [5.41, 5.74) is 0.0477. The van der Waals surface area contributed by atoms with Crippen LogP contribution in [0.2, 0.25) is 5.28 Å². The first kappa shape index (κ1) is 12.3. The molecule has 3 rings (SSSR count). The minimum absolute atomic E-state index is 0.0477. The third-order valence-electron chi connectivity index (χ3n) is 3.43. The summed E-state index contributed by atoms with van der Waals surface area (Å²) in [6, 6.07) is 1.81. The van der Waals surface area contributed by atoms with Crippen molar-refractivity contribution in [3.05, 3.63) is 23.7 Å². The predicted octanol–water partition coefficient (Wildman–Crippen LogP) is 2.46. The van der Waals surface area contributed by atoms with E-state index in [0.29, 0.717) is 11.9 Å². The number of anilines is 1. The van der Waals surface area contributed by atoms with E-state index in [1.54, 1.807) is 17.1 Å². The van der Waals surface area contributed by atoms with Crippen LogP contribution in [0.25, 0.3) is 5.95 Å². The molecule has 1 N–H and O–H groups in total. The van der Waals surface area contributed by atoms with Gasteiger partial charge in [-0.25, -0.2) is 4.68 Å². The molecule has 100 valence electrons. The summed E-state index contributed by atoms with van der Waals surface area (Å²) in [4.78, 5) is 12.6. The summed E-state index contributed by atoms with van der Waals surface area (Å²) in [7, 11) is 0. The zero-order valence-corrected chi connectivity index (χ0v) is 11.4. The summed E-state index contributed by atoms with van der Waals surface area (Å²) < 4.78 is 1.57. The van der Waals surface area contributed by atoms with Gasteiger partial charge in [0.1, 0.15) is 0 Å². The molecule has 0 radical (unpaired) electrons. The van der Waals surface area contributed by atoms with Crippen LogP contribution in [0, 0.1) is 0 Å². The van der Waals surface area contributed by atoms with Crippen LogP contribution in [0.3, 0.4) is 0 Å². The number of aromatic nitrogens is 5. The van der Waals surface area contributed by atoms with E-state index in [0.717, 1.165) is 12.8 Å². The molecule has 0 saturated heterocycles. The third kappa shape index (κ3) is 2.68. The molecule has 2 aromatic heterocycles. The van der Waals surface area contributed by atoms with E-state index >= 15 is 0 Å². The predicted molar refractivity (Wildman–Crippen MR) is 72.5 cm³/mol. The van der Waals surface area contributed by atoms with Gasteiger partial charge in [-0.3, -0.25) is 0 Å². The van der Waals surface area contributed by atoms with Gasteiger partial charge in [0.25, 0.3) is 5.95 Å². The number of nitrogens with zero attached hydrogens (tertiary/aromatic N) is 5. The fourth-order valence-corrected chi connectivity index (χ4v) is 2.59. The van der Waals surface area contributed by atoms with Gasteiger partial charge in [-0.2, -0.15) is 20.1 Å². The molecular weight excluding hydrogens is 264 g/mol. The minimum Gasteiger partial charge on any atom is -0.349 e. The van der Waals surface area contributed by atoms with Crippen LogP contribution < -0.4 is 5.32 Å². The molecule has 0 atom stereocenters. The van der Waals surface area contributed by atoms with Gasteiger partial charge >= 0.3 is 0 Å². The lowest BCUT2D eigenvalue weighted by atomic mass is 10.0. The molecule has 1 saturated carbocycles. The first-order chi connectivity index (χ1) is 9.15. The Bertz CT molecular complexity index is 562. The Kier molecular flexibility index (Phi) is 3.10. The van der Waals surface area contributed by atoms with Gasteiger partial charge in [0.2, 0.25) is 11.2 Å². The summed E-state index contributed by atoms with van der Waals surface area (Å²) >= 11 is 5.95. The minimum atomic E-state index is 0.0477. The zero-order chi connectivity index (χ0) is 13.3. The topological polar surface area (TPSA) is 68.5 Å². The summed E-state index contributed by atoms with van der Waals surface area (Å²) in [5, 5.41) is 7.64. The largest absolute Gasteiger partial charge is 0.349 e. The lowest BCUT2D eigenvalue weighted by molar-refractivity contribution is 0.527. The van der Waals surface area contributed by atoms with E-state index in [1.807, 2.05) is 6.07 Å². The van der Waals surface area contributed by atoms with E-state index in [4.69, 9.17) is 11.6 Å². The Morgan fingerprint density at radius 2 is 2.05 bits per heavy atom. The SMILES string of the molecule is CC1(Nc2nc(Cl)nc(-n3cccn3)n2)CCCC1. The molecule has 0 bridgehead atoms. The van der Waals surface area contributed by atoms with Crippen LogP contribution in [0.5, 0.6) is 0 Å². The maximum atomic E-state index is 5.95. The normalized spacial score (nSPS) is 17.6. The summed E-state index contributed by atoms with van der Waals surface area (Å²) in [6.45, 7) is 2.19. The average molecular weight is 279 g/mol. The van der Waals surface area contributed by atoms with Crippen LogP contribution in [-0.4, -0.2) is 30.3 Å². The molecule has 0 amide bonds. The molecule has 0 spiro atoms. The van der Waals surface area contributed by atoms with Gasteiger partial charge in [-0.1, -0.05) is 12.8 Å². The monoisotopic (exact) mass is 278 g/mol. The van der Waals surface area contributed by atoms with Gasteiger partial charge in [0, 0.05) is 17.9 Å². The molecule has 2 aromatic rings.